The quantitative estimate of drug-likeness (QED) is 0.630. The molecule has 1 aliphatic rings. The number of sulfonamides is 1. The largest absolute Gasteiger partial charge is 0.245 e. The maximum atomic E-state index is 13.0. The molecule has 3 rings (SSSR count). The number of nitrogens with zero attached hydrogens (tertiary/aromatic N) is 1. The standard InChI is InChI=1S/C13H13BrClNO2S3/c14-13-12(5-11(6-15)20-13)21(17,18)16(10-1-2-10)7-9-3-4-19-8-9/h3-5,8,10H,1-2,6-7H2. The molecule has 114 valence electrons. The van der Waals surface area contributed by atoms with Gasteiger partial charge in [-0.05, 0) is 57.2 Å². The van der Waals surface area contributed by atoms with Crippen LogP contribution in [0.4, 0.5) is 0 Å². The van der Waals surface area contributed by atoms with Crippen LogP contribution in [0.2, 0.25) is 0 Å². The van der Waals surface area contributed by atoms with Crippen molar-refractivity contribution in [2.24, 2.45) is 0 Å². The van der Waals surface area contributed by atoms with Gasteiger partial charge in [-0.15, -0.1) is 22.9 Å². The van der Waals surface area contributed by atoms with E-state index in [-0.39, 0.29) is 6.04 Å². The summed E-state index contributed by atoms with van der Waals surface area (Å²) in [6.07, 6.45) is 1.88. The molecule has 0 bridgehead atoms. The number of rotatable bonds is 6. The first-order valence-corrected chi connectivity index (χ1v) is 10.9. The molecular weight excluding hydrogens is 414 g/mol. The molecule has 3 nitrogen and oxygen atoms in total. The smallest absolute Gasteiger partial charge is 0.207 e. The molecule has 0 atom stereocenters. The van der Waals surface area contributed by atoms with Crippen LogP contribution < -0.4 is 0 Å². The second-order valence-electron chi connectivity index (χ2n) is 4.90. The molecule has 21 heavy (non-hydrogen) atoms. The Morgan fingerprint density at radius 2 is 2.19 bits per heavy atom. The SMILES string of the molecule is O=S(=O)(c1cc(CCl)sc1Br)N(Cc1ccsc1)C1CC1. The van der Waals surface area contributed by atoms with Crippen molar-refractivity contribution in [1.82, 2.24) is 4.31 Å². The molecule has 2 aromatic heterocycles. The van der Waals surface area contributed by atoms with Gasteiger partial charge >= 0.3 is 0 Å². The minimum atomic E-state index is -3.49. The molecule has 0 unspecified atom stereocenters. The van der Waals surface area contributed by atoms with E-state index in [1.807, 2.05) is 16.8 Å². The highest BCUT2D eigenvalue weighted by molar-refractivity contribution is 9.11. The molecule has 0 N–H and O–H groups in total. The third-order valence-corrected chi connectivity index (χ3v) is 8.63. The van der Waals surface area contributed by atoms with E-state index in [9.17, 15) is 8.42 Å². The van der Waals surface area contributed by atoms with Crippen LogP contribution >= 0.6 is 50.2 Å². The van der Waals surface area contributed by atoms with Gasteiger partial charge in [-0.3, -0.25) is 0 Å². The summed E-state index contributed by atoms with van der Waals surface area (Å²) in [6, 6.07) is 3.78. The first-order valence-electron chi connectivity index (χ1n) is 6.39. The maximum absolute atomic E-state index is 13.0. The zero-order chi connectivity index (χ0) is 15.0. The van der Waals surface area contributed by atoms with E-state index in [0.29, 0.717) is 21.1 Å². The van der Waals surface area contributed by atoms with Gasteiger partial charge in [0.05, 0.1) is 9.67 Å². The highest BCUT2D eigenvalue weighted by Crippen LogP contribution is 2.39. The minimum Gasteiger partial charge on any atom is -0.207 e. The third-order valence-electron chi connectivity index (χ3n) is 3.30. The van der Waals surface area contributed by atoms with E-state index in [2.05, 4.69) is 15.9 Å². The van der Waals surface area contributed by atoms with E-state index in [4.69, 9.17) is 11.6 Å². The van der Waals surface area contributed by atoms with Crippen LogP contribution in [-0.2, 0) is 22.4 Å². The molecule has 0 aromatic carbocycles. The van der Waals surface area contributed by atoms with Gasteiger partial charge in [0, 0.05) is 17.5 Å². The fourth-order valence-corrected chi connectivity index (χ4v) is 7.16. The number of thiophene rings is 2. The Kier molecular flexibility index (Phi) is 4.78. The van der Waals surface area contributed by atoms with Crippen LogP contribution in [0.25, 0.3) is 0 Å². The fourth-order valence-electron chi connectivity index (χ4n) is 2.10. The average molecular weight is 427 g/mol. The molecule has 0 radical (unpaired) electrons. The number of hydrogen-bond acceptors (Lipinski definition) is 4. The first kappa shape index (κ1) is 16.0. The van der Waals surface area contributed by atoms with Crippen LogP contribution in [0.1, 0.15) is 23.3 Å². The first-order chi connectivity index (χ1) is 10.0. The van der Waals surface area contributed by atoms with Crippen LogP contribution in [0.3, 0.4) is 0 Å². The topological polar surface area (TPSA) is 37.4 Å². The Bertz CT molecular complexity index is 723. The van der Waals surface area contributed by atoms with Crippen molar-refractivity contribution < 1.29 is 8.42 Å². The highest BCUT2D eigenvalue weighted by atomic mass is 79.9. The number of alkyl halides is 1. The molecule has 2 aromatic rings. The summed E-state index contributed by atoms with van der Waals surface area (Å²) in [4.78, 5) is 1.19. The Morgan fingerprint density at radius 3 is 2.71 bits per heavy atom. The molecular formula is C13H13BrClNO2S3. The Balaban J connectivity index is 1.95. The van der Waals surface area contributed by atoms with Crippen LogP contribution in [0.15, 0.2) is 31.6 Å². The van der Waals surface area contributed by atoms with Gasteiger partial charge in [0.1, 0.15) is 4.90 Å². The van der Waals surface area contributed by atoms with Crippen LogP contribution in [0, 0.1) is 0 Å². The Morgan fingerprint density at radius 1 is 1.43 bits per heavy atom. The molecule has 0 amide bonds. The van der Waals surface area contributed by atoms with Crippen LogP contribution in [0.5, 0.6) is 0 Å². The summed E-state index contributed by atoms with van der Waals surface area (Å²) < 4.78 is 28.2. The predicted octanol–water partition coefficient (Wildman–Crippen LogP) is 4.66. The van der Waals surface area contributed by atoms with E-state index in [0.717, 1.165) is 23.3 Å². The summed E-state index contributed by atoms with van der Waals surface area (Å²) in [5.41, 5.74) is 1.04. The summed E-state index contributed by atoms with van der Waals surface area (Å²) in [5, 5.41) is 3.97. The number of halogens is 2. The molecule has 2 heterocycles. The summed E-state index contributed by atoms with van der Waals surface area (Å²) in [7, 11) is -3.49. The van der Waals surface area contributed by atoms with Crippen LogP contribution in [-0.4, -0.2) is 18.8 Å². The van der Waals surface area contributed by atoms with Crippen molar-refractivity contribution in [2.75, 3.05) is 0 Å². The Hall–Kier alpha value is 0.0800. The van der Waals surface area contributed by atoms with E-state index in [1.54, 1.807) is 21.7 Å². The molecule has 0 saturated heterocycles. The molecule has 1 fully saturated rings. The number of hydrogen-bond donors (Lipinski definition) is 0. The summed E-state index contributed by atoms with van der Waals surface area (Å²) in [5.74, 6) is 0.326. The van der Waals surface area contributed by atoms with Crippen molar-refractivity contribution in [2.45, 2.75) is 36.2 Å². The van der Waals surface area contributed by atoms with E-state index >= 15 is 0 Å². The summed E-state index contributed by atoms with van der Waals surface area (Å²) >= 11 is 12.1. The van der Waals surface area contributed by atoms with Gasteiger partial charge in [-0.1, -0.05) is 0 Å². The minimum absolute atomic E-state index is 0.126. The Labute approximate surface area is 145 Å². The summed E-state index contributed by atoms with van der Waals surface area (Å²) in [6.45, 7) is 0.439. The normalized spacial score (nSPS) is 15.8. The second kappa shape index (κ2) is 6.29. The van der Waals surface area contributed by atoms with Crippen molar-refractivity contribution in [3.63, 3.8) is 0 Å². The maximum Gasteiger partial charge on any atom is 0.245 e. The van der Waals surface area contributed by atoms with E-state index < -0.39 is 10.0 Å². The van der Waals surface area contributed by atoms with Gasteiger partial charge in [0.25, 0.3) is 0 Å². The zero-order valence-corrected chi connectivity index (χ0v) is 15.8. The van der Waals surface area contributed by atoms with Gasteiger partial charge in [-0.25, -0.2) is 8.42 Å². The molecule has 1 aliphatic carbocycles. The van der Waals surface area contributed by atoms with Crippen molar-refractivity contribution in [3.8, 4) is 0 Å². The molecule has 0 aliphatic heterocycles. The van der Waals surface area contributed by atoms with E-state index in [1.165, 1.54) is 11.3 Å². The lowest BCUT2D eigenvalue weighted by atomic mass is 10.3. The second-order valence-corrected chi connectivity index (χ2v) is 10.3. The molecule has 8 heteroatoms. The monoisotopic (exact) mass is 425 g/mol. The molecule has 0 spiro atoms. The molecule has 1 saturated carbocycles. The fraction of sp³-hybridized carbons (Fsp3) is 0.385. The average Bonchev–Trinajstić information content (AvgIpc) is 2.99. The van der Waals surface area contributed by atoms with Crippen molar-refractivity contribution in [3.05, 3.63) is 37.1 Å². The third kappa shape index (κ3) is 3.38. The zero-order valence-electron chi connectivity index (χ0n) is 11.0. The van der Waals surface area contributed by atoms with Crippen molar-refractivity contribution in [1.29, 1.82) is 0 Å². The van der Waals surface area contributed by atoms with Gasteiger partial charge in [0.2, 0.25) is 10.0 Å². The van der Waals surface area contributed by atoms with Gasteiger partial charge in [-0.2, -0.15) is 15.6 Å². The van der Waals surface area contributed by atoms with Gasteiger partial charge in [0.15, 0.2) is 0 Å². The lowest BCUT2D eigenvalue weighted by Gasteiger charge is -2.21. The predicted molar refractivity (Wildman–Crippen MR) is 91.6 cm³/mol. The lowest BCUT2D eigenvalue weighted by Crippen LogP contribution is -2.32. The van der Waals surface area contributed by atoms with Crippen molar-refractivity contribution >= 4 is 60.2 Å². The lowest BCUT2D eigenvalue weighted by molar-refractivity contribution is 0.399. The van der Waals surface area contributed by atoms with Gasteiger partial charge < -0.3 is 0 Å². The highest BCUT2D eigenvalue weighted by Gasteiger charge is 2.39.